The van der Waals surface area contributed by atoms with Crippen LogP contribution in [0.5, 0.6) is 5.75 Å². The Morgan fingerprint density at radius 1 is 1.12 bits per heavy atom. The van der Waals surface area contributed by atoms with E-state index in [0.29, 0.717) is 17.5 Å². The molecule has 0 spiro atoms. The van der Waals surface area contributed by atoms with E-state index >= 15 is 0 Å². The molecule has 1 amide bonds. The van der Waals surface area contributed by atoms with Gasteiger partial charge in [0.05, 0.1) is 25.7 Å². The molecule has 0 N–H and O–H groups in total. The predicted molar refractivity (Wildman–Crippen MR) is 132 cm³/mol. The highest BCUT2D eigenvalue weighted by molar-refractivity contribution is 7.99. The summed E-state index contributed by atoms with van der Waals surface area (Å²) in [6.07, 6.45) is 3.61. The fourth-order valence-electron chi connectivity index (χ4n) is 4.31. The first-order valence-electron chi connectivity index (χ1n) is 11.3. The summed E-state index contributed by atoms with van der Waals surface area (Å²) >= 11 is 1.40. The number of nitrogens with zero attached hydrogens (tertiary/aromatic N) is 4. The Morgan fingerprint density at radius 2 is 1.94 bits per heavy atom. The van der Waals surface area contributed by atoms with Gasteiger partial charge in [0.2, 0.25) is 5.91 Å². The second-order valence-electron chi connectivity index (χ2n) is 8.27. The van der Waals surface area contributed by atoms with Crippen LogP contribution in [0.2, 0.25) is 0 Å². The van der Waals surface area contributed by atoms with Gasteiger partial charge in [0, 0.05) is 17.3 Å². The predicted octanol–water partition coefficient (Wildman–Crippen LogP) is 5.06. The number of thioether (sulfide) groups is 1. The highest BCUT2D eigenvalue weighted by Gasteiger charge is 2.28. The van der Waals surface area contributed by atoms with Gasteiger partial charge in [-0.15, -0.1) is 10.2 Å². The molecule has 1 aliphatic rings. The number of hydrogen-bond donors (Lipinski definition) is 0. The van der Waals surface area contributed by atoms with Crippen LogP contribution in [0.25, 0.3) is 11.4 Å². The number of aromatic nitrogens is 3. The Labute approximate surface area is 202 Å². The number of carbonyl (C=O) groups is 1. The zero-order valence-corrected chi connectivity index (χ0v) is 20.0. The first-order chi connectivity index (χ1) is 16.6. The lowest BCUT2D eigenvalue weighted by atomic mass is 9.97. The lowest BCUT2D eigenvalue weighted by Gasteiger charge is -2.35. The Hall–Kier alpha value is -3.52. The minimum absolute atomic E-state index is 0.0724. The van der Waals surface area contributed by atoms with Crippen molar-refractivity contribution in [2.24, 2.45) is 0 Å². The Balaban J connectivity index is 1.40. The summed E-state index contributed by atoms with van der Waals surface area (Å²) in [6, 6.07) is 19.8. The second-order valence-corrected chi connectivity index (χ2v) is 9.21. The van der Waals surface area contributed by atoms with E-state index in [1.165, 1.54) is 17.3 Å². The Bertz CT molecular complexity index is 1270. The van der Waals surface area contributed by atoms with Gasteiger partial charge in [-0.05, 0) is 67.8 Å². The largest absolute Gasteiger partial charge is 0.497 e. The first kappa shape index (κ1) is 22.3. The summed E-state index contributed by atoms with van der Waals surface area (Å²) in [5, 5.41) is 9.55. The number of methoxy groups -OCH3 is 1. The van der Waals surface area contributed by atoms with E-state index in [0.717, 1.165) is 35.6 Å². The first-order valence-corrected chi connectivity index (χ1v) is 12.3. The van der Waals surface area contributed by atoms with Crippen LogP contribution in [-0.4, -0.2) is 39.6 Å². The molecular weight excluding hydrogens is 448 g/mol. The number of benzene rings is 2. The van der Waals surface area contributed by atoms with Crippen LogP contribution in [-0.2, 0) is 17.8 Å². The molecule has 174 valence electrons. The molecule has 8 heteroatoms. The summed E-state index contributed by atoms with van der Waals surface area (Å²) in [5.74, 6) is 2.63. The van der Waals surface area contributed by atoms with Crippen LogP contribution in [0, 0.1) is 0 Å². The summed E-state index contributed by atoms with van der Waals surface area (Å²) in [5.41, 5.74) is 3.15. The van der Waals surface area contributed by atoms with Gasteiger partial charge < -0.3 is 14.1 Å². The van der Waals surface area contributed by atoms with Crippen molar-refractivity contribution in [2.45, 2.75) is 37.5 Å². The molecule has 0 bridgehead atoms. The number of aryl methyl sites for hydroxylation is 1. The third-order valence-electron chi connectivity index (χ3n) is 6.08. The van der Waals surface area contributed by atoms with E-state index in [1.807, 2.05) is 64.1 Å². The maximum Gasteiger partial charge on any atom is 0.237 e. The molecule has 1 unspecified atom stereocenters. The van der Waals surface area contributed by atoms with Gasteiger partial charge in [0.1, 0.15) is 11.5 Å². The zero-order chi connectivity index (χ0) is 23.5. The molecule has 1 atom stereocenters. The van der Waals surface area contributed by atoms with Crippen molar-refractivity contribution in [3.8, 4) is 17.1 Å². The molecule has 0 radical (unpaired) electrons. The molecule has 0 fully saturated rings. The van der Waals surface area contributed by atoms with E-state index < -0.39 is 0 Å². The van der Waals surface area contributed by atoms with Gasteiger partial charge in [-0.3, -0.25) is 9.36 Å². The summed E-state index contributed by atoms with van der Waals surface area (Å²) in [6.45, 7) is 2.58. The lowest BCUT2D eigenvalue weighted by molar-refractivity contribution is -0.116. The van der Waals surface area contributed by atoms with Gasteiger partial charge >= 0.3 is 0 Å². The monoisotopic (exact) mass is 474 g/mol. The van der Waals surface area contributed by atoms with Crippen molar-refractivity contribution in [2.75, 3.05) is 17.8 Å². The van der Waals surface area contributed by atoms with Crippen molar-refractivity contribution < 1.29 is 13.9 Å². The van der Waals surface area contributed by atoms with E-state index in [9.17, 15) is 4.79 Å². The number of amides is 1. The number of anilines is 1. The maximum absolute atomic E-state index is 13.3. The van der Waals surface area contributed by atoms with E-state index in [2.05, 4.69) is 23.2 Å². The molecule has 2 aromatic heterocycles. The van der Waals surface area contributed by atoms with Crippen LogP contribution in [0.3, 0.4) is 0 Å². The van der Waals surface area contributed by atoms with Gasteiger partial charge in [-0.25, -0.2) is 0 Å². The van der Waals surface area contributed by atoms with Crippen LogP contribution in [0.4, 0.5) is 5.69 Å². The second kappa shape index (κ2) is 9.77. The van der Waals surface area contributed by atoms with Crippen molar-refractivity contribution in [1.29, 1.82) is 0 Å². The fraction of sp³-hybridized carbons (Fsp3) is 0.269. The normalized spacial score (nSPS) is 15.2. The average Bonchev–Trinajstić information content (AvgIpc) is 3.53. The molecule has 0 aliphatic carbocycles. The zero-order valence-electron chi connectivity index (χ0n) is 19.2. The molecule has 1 aliphatic heterocycles. The van der Waals surface area contributed by atoms with Gasteiger partial charge in [0.25, 0.3) is 0 Å². The highest BCUT2D eigenvalue weighted by Crippen LogP contribution is 2.32. The van der Waals surface area contributed by atoms with Crippen LogP contribution in [0.15, 0.2) is 76.5 Å². The molecule has 5 rings (SSSR count). The Morgan fingerprint density at radius 3 is 2.71 bits per heavy atom. The van der Waals surface area contributed by atoms with Crippen molar-refractivity contribution >= 4 is 23.4 Å². The SMILES string of the molecule is COc1ccc(-c2nnc(SCC(=O)N3c4ccccc4CCC3C)n2Cc2ccco2)cc1. The molecule has 4 aromatic rings. The molecule has 0 saturated heterocycles. The number of ether oxygens (including phenoxy) is 1. The summed E-state index contributed by atoms with van der Waals surface area (Å²) in [7, 11) is 1.64. The summed E-state index contributed by atoms with van der Waals surface area (Å²) < 4.78 is 12.9. The average molecular weight is 475 g/mol. The molecule has 34 heavy (non-hydrogen) atoms. The number of furan rings is 1. The topological polar surface area (TPSA) is 73.4 Å². The minimum Gasteiger partial charge on any atom is -0.497 e. The standard InChI is InChI=1S/C26H26N4O3S/c1-18-9-10-19-6-3-4-8-23(19)30(18)24(31)17-34-26-28-27-25(20-11-13-21(32-2)14-12-20)29(26)16-22-7-5-15-33-22/h3-8,11-15,18H,9-10,16-17H2,1-2H3. The molecule has 3 heterocycles. The molecular formula is C26H26N4O3S. The number of para-hydroxylation sites is 1. The summed E-state index contributed by atoms with van der Waals surface area (Å²) in [4.78, 5) is 15.3. The van der Waals surface area contributed by atoms with Crippen molar-refractivity contribution in [3.63, 3.8) is 0 Å². The Kier molecular flexibility index (Phi) is 6.40. The van der Waals surface area contributed by atoms with Crippen molar-refractivity contribution in [1.82, 2.24) is 14.8 Å². The fourth-order valence-corrected chi connectivity index (χ4v) is 5.11. The number of hydrogen-bond acceptors (Lipinski definition) is 6. The lowest BCUT2D eigenvalue weighted by Crippen LogP contribution is -2.43. The molecule has 0 saturated carbocycles. The quantitative estimate of drug-likeness (QED) is 0.349. The maximum atomic E-state index is 13.3. The van der Waals surface area contributed by atoms with Crippen LogP contribution in [0.1, 0.15) is 24.7 Å². The smallest absolute Gasteiger partial charge is 0.237 e. The van der Waals surface area contributed by atoms with Gasteiger partial charge in [-0.1, -0.05) is 30.0 Å². The highest BCUT2D eigenvalue weighted by atomic mass is 32.2. The van der Waals surface area contributed by atoms with Gasteiger partial charge in [-0.2, -0.15) is 0 Å². The molecule has 2 aromatic carbocycles. The number of fused-ring (bicyclic) bond motifs is 1. The minimum atomic E-state index is 0.0724. The van der Waals surface area contributed by atoms with Gasteiger partial charge in [0.15, 0.2) is 11.0 Å². The molecule has 7 nitrogen and oxygen atoms in total. The van der Waals surface area contributed by atoms with E-state index in [1.54, 1.807) is 13.4 Å². The van der Waals surface area contributed by atoms with E-state index in [4.69, 9.17) is 9.15 Å². The van der Waals surface area contributed by atoms with Crippen LogP contribution >= 0.6 is 11.8 Å². The number of carbonyl (C=O) groups excluding carboxylic acids is 1. The third-order valence-corrected chi connectivity index (χ3v) is 7.03. The number of rotatable bonds is 7. The van der Waals surface area contributed by atoms with Crippen molar-refractivity contribution in [3.05, 3.63) is 78.3 Å². The third kappa shape index (κ3) is 4.46. The van der Waals surface area contributed by atoms with Crippen LogP contribution < -0.4 is 9.64 Å². The van der Waals surface area contributed by atoms with E-state index in [-0.39, 0.29) is 17.7 Å².